The molecule has 1 aliphatic heterocycles. The summed E-state index contributed by atoms with van der Waals surface area (Å²) in [6, 6.07) is 6.05. The van der Waals surface area contributed by atoms with Crippen molar-refractivity contribution < 1.29 is 9.47 Å². The van der Waals surface area contributed by atoms with Crippen molar-refractivity contribution in [1.29, 1.82) is 0 Å². The van der Waals surface area contributed by atoms with E-state index in [1.165, 1.54) is 12.8 Å². The minimum atomic E-state index is -0.00121. The van der Waals surface area contributed by atoms with Crippen LogP contribution >= 0.6 is 0 Å². The van der Waals surface area contributed by atoms with Gasteiger partial charge in [-0.15, -0.1) is 0 Å². The zero-order valence-corrected chi connectivity index (χ0v) is 10.2. The van der Waals surface area contributed by atoms with Crippen molar-refractivity contribution in [2.75, 3.05) is 7.11 Å². The van der Waals surface area contributed by atoms with E-state index in [2.05, 4.69) is 0 Å². The summed E-state index contributed by atoms with van der Waals surface area (Å²) in [5.74, 6) is 1.76. The number of hydrogen-bond acceptors (Lipinski definition) is 3. The van der Waals surface area contributed by atoms with Gasteiger partial charge in [-0.3, -0.25) is 0 Å². The zero-order chi connectivity index (χ0) is 11.9. The molecule has 1 spiro atoms. The third-order valence-corrected chi connectivity index (χ3v) is 4.05. The molecule has 0 bridgehead atoms. The molecule has 1 unspecified atom stereocenters. The molecule has 1 aromatic carbocycles. The van der Waals surface area contributed by atoms with Gasteiger partial charge in [0.15, 0.2) is 0 Å². The van der Waals surface area contributed by atoms with Gasteiger partial charge in [-0.25, -0.2) is 0 Å². The first-order valence-electron chi connectivity index (χ1n) is 6.35. The van der Waals surface area contributed by atoms with Crippen LogP contribution in [0.2, 0.25) is 0 Å². The smallest absolute Gasteiger partial charge is 0.128 e. The summed E-state index contributed by atoms with van der Waals surface area (Å²) in [5.41, 5.74) is 7.38. The molecule has 1 atom stereocenters. The van der Waals surface area contributed by atoms with Crippen molar-refractivity contribution in [3.8, 4) is 11.5 Å². The van der Waals surface area contributed by atoms with Gasteiger partial charge in [0.25, 0.3) is 0 Å². The van der Waals surface area contributed by atoms with Crippen LogP contribution < -0.4 is 15.2 Å². The van der Waals surface area contributed by atoms with Crippen molar-refractivity contribution in [2.45, 2.75) is 43.7 Å². The molecule has 2 aliphatic rings. The maximum Gasteiger partial charge on any atom is 0.128 e. The highest BCUT2D eigenvalue weighted by molar-refractivity contribution is 5.44. The molecule has 0 radical (unpaired) electrons. The van der Waals surface area contributed by atoms with Gasteiger partial charge in [0.2, 0.25) is 0 Å². The van der Waals surface area contributed by atoms with E-state index >= 15 is 0 Å². The highest BCUT2D eigenvalue weighted by Gasteiger charge is 2.42. The van der Waals surface area contributed by atoms with Crippen molar-refractivity contribution in [1.82, 2.24) is 0 Å². The monoisotopic (exact) mass is 233 g/mol. The van der Waals surface area contributed by atoms with Gasteiger partial charge < -0.3 is 15.2 Å². The lowest BCUT2D eigenvalue weighted by Gasteiger charge is -2.38. The summed E-state index contributed by atoms with van der Waals surface area (Å²) < 4.78 is 11.5. The Morgan fingerprint density at radius 1 is 1.35 bits per heavy atom. The summed E-state index contributed by atoms with van der Waals surface area (Å²) in [5, 5.41) is 0. The number of methoxy groups -OCH3 is 1. The maximum absolute atomic E-state index is 6.27. The van der Waals surface area contributed by atoms with Crippen LogP contribution in [0.25, 0.3) is 0 Å². The summed E-state index contributed by atoms with van der Waals surface area (Å²) in [6.07, 6.45) is 5.74. The van der Waals surface area contributed by atoms with Crippen LogP contribution in [0.1, 0.15) is 43.7 Å². The number of nitrogens with two attached hydrogens (primary N) is 1. The summed E-state index contributed by atoms with van der Waals surface area (Å²) in [4.78, 5) is 0. The maximum atomic E-state index is 6.27. The Labute approximate surface area is 102 Å². The van der Waals surface area contributed by atoms with E-state index in [0.717, 1.165) is 36.3 Å². The third-order valence-electron chi connectivity index (χ3n) is 4.05. The molecule has 2 N–H and O–H groups in total. The van der Waals surface area contributed by atoms with Crippen LogP contribution in [0.4, 0.5) is 0 Å². The van der Waals surface area contributed by atoms with Crippen molar-refractivity contribution >= 4 is 0 Å². The second-order valence-electron chi connectivity index (χ2n) is 5.21. The van der Waals surface area contributed by atoms with Gasteiger partial charge in [-0.2, -0.15) is 0 Å². The molecule has 1 aliphatic carbocycles. The second kappa shape index (κ2) is 3.91. The SMILES string of the molecule is COc1ccc2c(c1)OC1(CCCC1)CC2N. The van der Waals surface area contributed by atoms with Crippen LogP contribution in [-0.4, -0.2) is 12.7 Å². The lowest BCUT2D eigenvalue weighted by molar-refractivity contribution is 0.0424. The zero-order valence-electron chi connectivity index (χ0n) is 10.2. The number of ether oxygens (including phenoxy) is 2. The summed E-state index contributed by atoms with van der Waals surface area (Å²) in [7, 11) is 1.68. The molecular weight excluding hydrogens is 214 g/mol. The Kier molecular flexibility index (Phi) is 2.51. The molecule has 0 saturated heterocycles. The second-order valence-corrected chi connectivity index (χ2v) is 5.21. The van der Waals surface area contributed by atoms with E-state index in [1.54, 1.807) is 7.11 Å². The lowest BCUT2D eigenvalue weighted by Crippen LogP contribution is -2.40. The predicted octanol–water partition coefficient (Wildman–Crippen LogP) is 2.79. The first-order chi connectivity index (χ1) is 8.22. The van der Waals surface area contributed by atoms with Gasteiger partial charge >= 0.3 is 0 Å². The minimum Gasteiger partial charge on any atom is -0.497 e. The Morgan fingerprint density at radius 2 is 2.12 bits per heavy atom. The van der Waals surface area contributed by atoms with Crippen LogP contribution in [-0.2, 0) is 0 Å². The summed E-state index contributed by atoms with van der Waals surface area (Å²) >= 11 is 0. The molecule has 0 aromatic heterocycles. The fourth-order valence-electron chi connectivity index (χ4n) is 3.15. The average molecular weight is 233 g/mol. The Balaban J connectivity index is 1.97. The molecular formula is C14H19NO2. The topological polar surface area (TPSA) is 44.5 Å². The molecule has 1 aromatic rings. The van der Waals surface area contributed by atoms with Gasteiger partial charge in [-0.05, 0) is 31.7 Å². The minimum absolute atomic E-state index is 0.00121. The van der Waals surface area contributed by atoms with Crippen molar-refractivity contribution in [2.24, 2.45) is 5.73 Å². The lowest BCUT2D eigenvalue weighted by atomic mass is 9.86. The Hall–Kier alpha value is -1.22. The molecule has 3 heteroatoms. The molecule has 3 nitrogen and oxygen atoms in total. The number of benzene rings is 1. The number of rotatable bonds is 1. The first kappa shape index (κ1) is 10.9. The highest BCUT2D eigenvalue weighted by Crippen LogP contribution is 2.47. The van der Waals surface area contributed by atoms with E-state index in [1.807, 2.05) is 18.2 Å². The van der Waals surface area contributed by atoms with Gasteiger partial charge in [0.05, 0.1) is 7.11 Å². The van der Waals surface area contributed by atoms with E-state index in [-0.39, 0.29) is 11.6 Å². The molecule has 92 valence electrons. The largest absolute Gasteiger partial charge is 0.497 e. The quantitative estimate of drug-likeness (QED) is 0.811. The van der Waals surface area contributed by atoms with Crippen LogP contribution in [0, 0.1) is 0 Å². The van der Waals surface area contributed by atoms with Gasteiger partial charge in [0.1, 0.15) is 17.1 Å². The van der Waals surface area contributed by atoms with Crippen molar-refractivity contribution in [3.05, 3.63) is 23.8 Å². The fraction of sp³-hybridized carbons (Fsp3) is 0.571. The van der Waals surface area contributed by atoms with E-state index < -0.39 is 0 Å². The van der Waals surface area contributed by atoms with E-state index in [4.69, 9.17) is 15.2 Å². The Bertz CT molecular complexity index is 424. The number of hydrogen-bond donors (Lipinski definition) is 1. The first-order valence-corrected chi connectivity index (χ1v) is 6.35. The van der Waals surface area contributed by atoms with Gasteiger partial charge in [0, 0.05) is 24.1 Å². The molecule has 17 heavy (non-hydrogen) atoms. The van der Waals surface area contributed by atoms with Gasteiger partial charge in [-0.1, -0.05) is 6.07 Å². The summed E-state index contributed by atoms with van der Waals surface area (Å²) in [6.45, 7) is 0. The molecule has 3 rings (SSSR count). The molecule has 1 saturated carbocycles. The molecule has 1 fully saturated rings. The van der Waals surface area contributed by atoms with Crippen LogP contribution in [0.3, 0.4) is 0 Å². The van der Waals surface area contributed by atoms with Crippen LogP contribution in [0.15, 0.2) is 18.2 Å². The van der Waals surface area contributed by atoms with Crippen LogP contribution in [0.5, 0.6) is 11.5 Å². The highest BCUT2D eigenvalue weighted by atomic mass is 16.5. The van der Waals surface area contributed by atoms with Crippen molar-refractivity contribution in [3.63, 3.8) is 0 Å². The van der Waals surface area contributed by atoms with E-state index in [9.17, 15) is 0 Å². The fourth-order valence-corrected chi connectivity index (χ4v) is 3.15. The molecule has 1 heterocycles. The third kappa shape index (κ3) is 1.78. The number of fused-ring (bicyclic) bond motifs is 1. The standard InChI is InChI=1S/C14H19NO2/c1-16-10-4-5-11-12(15)9-14(6-2-3-7-14)17-13(11)8-10/h4-5,8,12H,2-3,6-7,9,15H2,1H3. The predicted molar refractivity (Wildman–Crippen MR) is 66.4 cm³/mol. The van der Waals surface area contributed by atoms with E-state index in [0.29, 0.717) is 0 Å². The Morgan fingerprint density at radius 3 is 2.82 bits per heavy atom. The molecule has 0 amide bonds. The average Bonchev–Trinajstić information content (AvgIpc) is 2.76. The normalized spacial score (nSPS) is 25.4.